The van der Waals surface area contributed by atoms with Crippen molar-refractivity contribution in [1.29, 1.82) is 0 Å². The minimum absolute atomic E-state index is 0.0957. The predicted octanol–water partition coefficient (Wildman–Crippen LogP) is 2.22. The average molecular weight is 351 g/mol. The molecule has 5 rings (SSSR count). The van der Waals surface area contributed by atoms with Gasteiger partial charge in [-0.3, -0.25) is 14.3 Å². The number of nitrogens with zero attached hydrogens (tertiary/aromatic N) is 3. The smallest absolute Gasteiger partial charge is 0.241 e. The Morgan fingerprint density at radius 1 is 1.08 bits per heavy atom. The number of hydrogen-bond acceptors (Lipinski definition) is 4. The monoisotopic (exact) mass is 351 g/mol. The van der Waals surface area contributed by atoms with Gasteiger partial charge >= 0.3 is 0 Å². The fourth-order valence-corrected chi connectivity index (χ4v) is 4.65. The molecule has 6 nitrogen and oxygen atoms in total. The normalized spacial score (nSPS) is 29.7. The number of fused-ring (bicyclic) bond motifs is 5. The number of rotatable bonds is 3. The van der Waals surface area contributed by atoms with Crippen LogP contribution >= 0.6 is 0 Å². The summed E-state index contributed by atoms with van der Waals surface area (Å²) in [6.07, 6.45) is 1.56. The summed E-state index contributed by atoms with van der Waals surface area (Å²) in [5.41, 5.74) is 3.30. The molecule has 0 saturated carbocycles. The Morgan fingerprint density at radius 2 is 1.73 bits per heavy atom. The van der Waals surface area contributed by atoms with Crippen molar-refractivity contribution in [2.75, 3.05) is 4.90 Å². The molecule has 3 aliphatic heterocycles. The van der Waals surface area contributed by atoms with E-state index in [-0.39, 0.29) is 35.9 Å². The summed E-state index contributed by atoms with van der Waals surface area (Å²) in [6.45, 7) is 4.64. The van der Waals surface area contributed by atoms with Gasteiger partial charge in [0.25, 0.3) is 0 Å². The van der Waals surface area contributed by atoms with Gasteiger partial charge < -0.3 is 4.74 Å². The van der Waals surface area contributed by atoms with Crippen molar-refractivity contribution in [3.05, 3.63) is 47.2 Å². The molecule has 3 saturated heterocycles. The number of benzene rings is 1. The van der Waals surface area contributed by atoms with Crippen molar-refractivity contribution in [3.8, 4) is 0 Å². The molecule has 3 aliphatic rings. The van der Waals surface area contributed by atoms with E-state index in [0.29, 0.717) is 12.4 Å². The van der Waals surface area contributed by atoms with Gasteiger partial charge in [-0.15, -0.1) is 0 Å². The van der Waals surface area contributed by atoms with Gasteiger partial charge in [-0.2, -0.15) is 5.10 Å². The second-order valence-corrected chi connectivity index (χ2v) is 7.58. The van der Waals surface area contributed by atoms with Crippen molar-refractivity contribution in [1.82, 2.24) is 9.78 Å². The lowest BCUT2D eigenvalue weighted by Gasteiger charge is -2.15. The van der Waals surface area contributed by atoms with E-state index in [4.69, 9.17) is 4.74 Å². The number of carbonyl (C=O) groups excluding carboxylic acids is 2. The first-order valence-electron chi connectivity index (χ1n) is 9.17. The zero-order valence-electron chi connectivity index (χ0n) is 14.9. The third kappa shape index (κ3) is 2.11. The minimum Gasteiger partial charge on any atom is -0.373 e. The van der Waals surface area contributed by atoms with Crippen molar-refractivity contribution >= 4 is 17.6 Å². The van der Waals surface area contributed by atoms with Crippen LogP contribution in [-0.2, 0) is 20.9 Å². The zero-order valence-corrected chi connectivity index (χ0v) is 14.9. The summed E-state index contributed by atoms with van der Waals surface area (Å²) >= 11 is 0. The van der Waals surface area contributed by atoms with Crippen LogP contribution in [0.15, 0.2) is 30.3 Å². The maximum Gasteiger partial charge on any atom is 0.241 e. The molecule has 4 unspecified atom stereocenters. The van der Waals surface area contributed by atoms with Crippen LogP contribution in [0.5, 0.6) is 0 Å². The molecule has 0 aliphatic carbocycles. The molecule has 3 fully saturated rings. The number of amides is 2. The topological polar surface area (TPSA) is 64.4 Å². The van der Waals surface area contributed by atoms with Crippen molar-refractivity contribution in [2.24, 2.45) is 11.8 Å². The molecule has 134 valence electrons. The highest BCUT2D eigenvalue weighted by atomic mass is 16.5. The van der Waals surface area contributed by atoms with E-state index in [1.807, 2.05) is 29.8 Å². The van der Waals surface area contributed by atoms with E-state index >= 15 is 0 Å². The first-order valence-corrected chi connectivity index (χ1v) is 9.17. The summed E-state index contributed by atoms with van der Waals surface area (Å²) < 4.78 is 7.65. The van der Waals surface area contributed by atoms with E-state index in [2.05, 4.69) is 24.2 Å². The molecule has 0 N–H and O–H groups in total. The lowest BCUT2D eigenvalue weighted by molar-refractivity contribution is -0.124. The molecule has 2 bridgehead atoms. The van der Waals surface area contributed by atoms with Gasteiger partial charge in [0.1, 0.15) is 0 Å². The Kier molecular flexibility index (Phi) is 3.34. The second-order valence-electron chi connectivity index (χ2n) is 7.58. The largest absolute Gasteiger partial charge is 0.373 e. The lowest BCUT2D eigenvalue weighted by atomic mass is 9.81. The van der Waals surface area contributed by atoms with Gasteiger partial charge in [0.2, 0.25) is 11.8 Å². The standard InChI is InChI=1S/C20H21N3O3/c1-11-5-3-4-6-13(11)10-22-12(2)9-16(21-22)23-19(24)17-14-7-8-15(26-14)18(17)20(23)25/h3-6,9,14-15,17-18H,7-8,10H2,1-2H3. The number of carbonyl (C=O) groups is 2. The van der Waals surface area contributed by atoms with E-state index in [9.17, 15) is 9.59 Å². The van der Waals surface area contributed by atoms with Crippen LogP contribution in [0.3, 0.4) is 0 Å². The fourth-order valence-electron chi connectivity index (χ4n) is 4.65. The van der Waals surface area contributed by atoms with Crippen LogP contribution in [-0.4, -0.2) is 33.8 Å². The number of aryl methyl sites for hydroxylation is 2. The van der Waals surface area contributed by atoms with Gasteiger partial charge in [0.15, 0.2) is 5.82 Å². The van der Waals surface area contributed by atoms with Crippen LogP contribution in [0.25, 0.3) is 0 Å². The summed E-state index contributed by atoms with van der Waals surface area (Å²) in [4.78, 5) is 27.1. The van der Waals surface area contributed by atoms with E-state index < -0.39 is 0 Å². The summed E-state index contributed by atoms with van der Waals surface area (Å²) in [6, 6.07) is 9.99. The van der Waals surface area contributed by atoms with Crippen LogP contribution in [0.4, 0.5) is 5.82 Å². The minimum atomic E-state index is -0.317. The summed E-state index contributed by atoms with van der Waals surface area (Å²) in [5.74, 6) is -0.480. The van der Waals surface area contributed by atoms with Gasteiger partial charge in [0.05, 0.1) is 30.6 Å². The van der Waals surface area contributed by atoms with Crippen LogP contribution in [0.2, 0.25) is 0 Å². The van der Waals surface area contributed by atoms with E-state index in [0.717, 1.165) is 18.5 Å². The van der Waals surface area contributed by atoms with Crippen molar-refractivity contribution in [2.45, 2.75) is 45.4 Å². The molecule has 4 heterocycles. The molecule has 0 radical (unpaired) electrons. The number of imide groups is 1. The van der Waals surface area contributed by atoms with Crippen LogP contribution in [0.1, 0.15) is 29.7 Å². The third-order valence-electron chi connectivity index (χ3n) is 6.06. The van der Waals surface area contributed by atoms with Crippen LogP contribution in [0, 0.1) is 25.7 Å². The number of hydrogen-bond donors (Lipinski definition) is 0. The highest BCUT2D eigenvalue weighted by Gasteiger charge is 2.63. The summed E-state index contributed by atoms with van der Waals surface area (Å²) in [7, 11) is 0. The van der Waals surface area contributed by atoms with E-state index in [1.54, 1.807) is 0 Å². The van der Waals surface area contributed by atoms with Crippen molar-refractivity contribution < 1.29 is 14.3 Å². The molecular formula is C20H21N3O3. The molecule has 1 aromatic carbocycles. The van der Waals surface area contributed by atoms with Gasteiger partial charge in [-0.05, 0) is 37.8 Å². The van der Waals surface area contributed by atoms with Gasteiger partial charge in [0, 0.05) is 11.8 Å². The molecule has 4 atom stereocenters. The Hall–Kier alpha value is -2.47. The Bertz CT molecular complexity index is 891. The molecule has 2 aromatic rings. The quantitative estimate of drug-likeness (QED) is 0.796. The number of aromatic nitrogens is 2. The number of ether oxygens (including phenoxy) is 1. The Balaban J connectivity index is 1.46. The molecule has 6 heteroatoms. The highest BCUT2D eigenvalue weighted by molar-refractivity contribution is 6.22. The number of anilines is 1. The zero-order chi connectivity index (χ0) is 18.0. The summed E-state index contributed by atoms with van der Waals surface area (Å²) in [5, 5.41) is 4.59. The van der Waals surface area contributed by atoms with E-state index in [1.165, 1.54) is 16.0 Å². The highest BCUT2D eigenvalue weighted by Crippen LogP contribution is 2.49. The Morgan fingerprint density at radius 3 is 2.38 bits per heavy atom. The molecular weight excluding hydrogens is 330 g/mol. The second kappa shape index (κ2) is 5.51. The lowest BCUT2D eigenvalue weighted by Crippen LogP contribution is -2.34. The first-order chi connectivity index (χ1) is 12.5. The molecule has 1 aromatic heterocycles. The predicted molar refractivity (Wildman–Crippen MR) is 94.6 cm³/mol. The maximum atomic E-state index is 12.9. The SMILES string of the molecule is Cc1ccccc1Cn1nc(N2C(=O)C3C4CCC(O4)C3C2=O)cc1C. The first kappa shape index (κ1) is 15.8. The van der Waals surface area contributed by atoms with Crippen molar-refractivity contribution in [3.63, 3.8) is 0 Å². The Labute approximate surface area is 151 Å². The molecule has 2 amide bonds. The third-order valence-corrected chi connectivity index (χ3v) is 6.06. The van der Waals surface area contributed by atoms with Crippen LogP contribution < -0.4 is 4.90 Å². The van der Waals surface area contributed by atoms with Gasteiger partial charge in [-0.1, -0.05) is 24.3 Å². The maximum absolute atomic E-state index is 12.9. The average Bonchev–Trinajstić information content (AvgIpc) is 3.35. The molecule has 26 heavy (non-hydrogen) atoms. The van der Waals surface area contributed by atoms with Gasteiger partial charge in [-0.25, -0.2) is 4.90 Å². The fraction of sp³-hybridized carbons (Fsp3) is 0.450. The molecule has 0 spiro atoms.